The summed E-state index contributed by atoms with van der Waals surface area (Å²) in [4.78, 5) is 2.48. The topological polar surface area (TPSA) is 41.9 Å². The number of ether oxygens (including phenoxy) is 2. The summed E-state index contributed by atoms with van der Waals surface area (Å²) in [7, 11) is 0. The van der Waals surface area contributed by atoms with E-state index in [1.807, 2.05) is 0 Å². The molecular formula is C28H53NO3. The largest absolute Gasteiger partial charge is 0.394 e. The van der Waals surface area contributed by atoms with Gasteiger partial charge in [0.1, 0.15) is 0 Å². The number of nitrogens with zero attached hydrogens (tertiary/aromatic N) is 1. The Morgan fingerprint density at radius 3 is 2.12 bits per heavy atom. The van der Waals surface area contributed by atoms with Crippen LogP contribution in [0.25, 0.3) is 0 Å². The van der Waals surface area contributed by atoms with Crippen LogP contribution in [0.5, 0.6) is 0 Å². The summed E-state index contributed by atoms with van der Waals surface area (Å²) in [5.41, 5.74) is 0. The maximum atomic E-state index is 9.06. The van der Waals surface area contributed by atoms with Gasteiger partial charge in [0.05, 0.1) is 25.9 Å². The smallest absolute Gasteiger partial charge is 0.0936 e. The van der Waals surface area contributed by atoms with Gasteiger partial charge in [0.25, 0.3) is 0 Å². The van der Waals surface area contributed by atoms with Crippen LogP contribution in [0.15, 0.2) is 24.3 Å². The number of unbranched alkanes of at least 4 members (excludes halogenated alkanes) is 9. The lowest BCUT2D eigenvalue weighted by Crippen LogP contribution is -2.40. The highest BCUT2D eigenvalue weighted by molar-refractivity contribution is 4.92. The lowest BCUT2D eigenvalue weighted by molar-refractivity contribution is -0.0444. The van der Waals surface area contributed by atoms with Crippen LogP contribution in [0, 0.1) is 0 Å². The first kappa shape index (κ1) is 29.4. The van der Waals surface area contributed by atoms with Crippen LogP contribution in [0.4, 0.5) is 0 Å². The number of rotatable bonds is 22. The first-order valence-corrected chi connectivity index (χ1v) is 13.7. The fraction of sp³-hybridized carbons (Fsp3) is 0.857. The Balaban J connectivity index is 1.89. The molecule has 0 aromatic rings. The van der Waals surface area contributed by atoms with Gasteiger partial charge in [-0.1, -0.05) is 76.2 Å². The van der Waals surface area contributed by atoms with Crippen molar-refractivity contribution in [3.8, 4) is 0 Å². The Morgan fingerprint density at radius 1 is 0.781 bits per heavy atom. The third kappa shape index (κ3) is 18.8. The Morgan fingerprint density at radius 2 is 1.44 bits per heavy atom. The van der Waals surface area contributed by atoms with Gasteiger partial charge in [-0.25, -0.2) is 0 Å². The van der Waals surface area contributed by atoms with Crippen LogP contribution in [0.1, 0.15) is 103 Å². The molecule has 1 rings (SSSR count). The average molecular weight is 452 g/mol. The number of allylic oxidation sites excluding steroid dienone is 4. The van der Waals surface area contributed by atoms with E-state index in [1.54, 1.807) is 0 Å². The molecule has 1 aliphatic rings. The van der Waals surface area contributed by atoms with Crippen molar-refractivity contribution in [3.63, 3.8) is 0 Å². The van der Waals surface area contributed by atoms with Crippen molar-refractivity contribution in [2.45, 2.75) is 109 Å². The van der Waals surface area contributed by atoms with Gasteiger partial charge in [-0.15, -0.1) is 0 Å². The van der Waals surface area contributed by atoms with Crippen LogP contribution in [-0.2, 0) is 9.47 Å². The maximum absolute atomic E-state index is 9.06. The average Bonchev–Trinajstić information content (AvgIpc) is 2.82. The number of likely N-dealkylation sites (tertiary alicyclic amines) is 1. The van der Waals surface area contributed by atoms with E-state index in [9.17, 15) is 0 Å². The number of hydrogen-bond acceptors (Lipinski definition) is 4. The monoisotopic (exact) mass is 451 g/mol. The zero-order valence-corrected chi connectivity index (χ0v) is 21.2. The Kier molecular flexibility index (Phi) is 21.5. The van der Waals surface area contributed by atoms with Crippen molar-refractivity contribution in [1.82, 2.24) is 4.90 Å². The number of aliphatic hydroxyl groups excluding tert-OH is 1. The lowest BCUT2D eigenvalue weighted by atomic mass is 10.1. The summed E-state index contributed by atoms with van der Waals surface area (Å²) in [5, 5.41) is 9.06. The summed E-state index contributed by atoms with van der Waals surface area (Å²) in [6.07, 6.45) is 28.6. The number of aliphatic hydroxyl groups is 1. The molecule has 4 nitrogen and oxygen atoms in total. The predicted molar refractivity (Wildman–Crippen MR) is 137 cm³/mol. The van der Waals surface area contributed by atoms with Gasteiger partial charge in [-0.2, -0.15) is 0 Å². The standard InChI is InChI=1S/C28H53NO3/c1-2-3-4-5-6-7-8-9-10-11-12-13-14-15-16-20-24-31-27-28(32-25-23-30)26-29-21-18-17-19-22-29/h6-7,9-10,28,30H,2-5,8,11-27H2,1H3/b7-6-,10-9-. The number of piperidine rings is 1. The van der Waals surface area contributed by atoms with Crippen molar-refractivity contribution in [1.29, 1.82) is 0 Å². The van der Waals surface area contributed by atoms with Crippen LogP contribution in [-0.4, -0.2) is 62.2 Å². The minimum Gasteiger partial charge on any atom is -0.394 e. The molecule has 4 heteroatoms. The molecule has 0 spiro atoms. The van der Waals surface area contributed by atoms with E-state index in [2.05, 4.69) is 36.1 Å². The van der Waals surface area contributed by atoms with Crippen LogP contribution < -0.4 is 0 Å². The van der Waals surface area contributed by atoms with Gasteiger partial charge in [0.2, 0.25) is 0 Å². The van der Waals surface area contributed by atoms with E-state index in [-0.39, 0.29) is 12.7 Å². The van der Waals surface area contributed by atoms with E-state index >= 15 is 0 Å². The van der Waals surface area contributed by atoms with E-state index in [0.29, 0.717) is 13.2 Å². The summed E-state index contributed by atoms with van der Waals surface area (Å²) in [5.74, 6) is 0. The minimum atomic E-state index is 0.0858. The van der Waals surface area contributed by atoms with Gasteiger partial charge in [0.15, 0.2) is 0 Å². The van der Waals surface area contributed by atoms with Crippen molar-refractivity contribution in [2.75, 3.05) is 46.1 Å². The van der Waals surface area contributed by atoms with Crippen LogP contribution in [0.3, 0.4) is 0 Å². The summed E-state index contributed by atoms with van der Waals surface area (Å²) >= 11 is 0. The van der Waals surface area contributed by atoms with Gasteiger partial charge >= 0.3 is 0 Å². The van der Waals surface area contributed by atoms with Crippen molar-refractivity contribution >= 4 is 0 Å². The second kappa shape index (κ2) is 23.5. The quantitative estimate of drug-likeness (QED) is 0.147. The van der Waals surface area contributed by atoms with Gasteiger partial charge in [0, 0.05) is 13.2 Å². The number of hydrogen-bond donors (Lipinski definition) is 1. The van der Waals surface area contributed by atoms with Crippen molar-refractivity contribution in [3.05, 3.63) is 24.3 Å². The molecule has 1 unspecified atom stereocenters. The molecule has 1 heterocycles. The van der Waals surface area contributed by atoms with E-state index in [4.69, 9.17) is 14.6 Å². The molecule has 1 N–H and O–H groups in total. The molecule has 32 heavy (non-hydrogen) atoms. The molecule has 1 aliphatic heterocycles. The summed E-state index contributed by atoms with van der Waals surface area (Å²) in [6.45, 7) is 7.51. The molecule has 0 aromatic heterocycles. The van der Waals surface area contributed by atoms with E-state index < -0.39 is 0 Å². The highest BCUT2D eigenvalue weighted by Gasteiger charge is 2.17. The van der Waals surface area contributed by atoms with Crippen molar-refractivity contribution in [2.24, 2.45) is 0 Å². The summed E-state index contributed by atoms with van der Waals surface area (Å²) in [6, 6.07) is 0. The molecule has 0 aliphatic carbocycles. The molecule has 0 radical (unpaired) electrons. The molecule has 0 amide bonds. The first-order chi connectivity index (χ1) is 15.9. The van der Waals surface area contributed by atoms with Crippen LogP contribution >= 0.6 is 0 Å². The highest BCUT2D eigenvalue weighted by Crippen LogP contribution is 2.11. The van der Waals surface area contributed by atoms with Crippen molar-refractivity contribution < 1.29 is 14.6 Å². The Hall–Kier alpha value is -0.680. The van der Waals surface area contributed by atoms with Crippen LogP contribution in [0.2, 0.25) is 0 Å². The lowest BCUT2D eigenvalue weighted by Gasteiger charge is -2.30. The second-order valence-electron chi connectivity index (χ2n) is 9.24. The third-order valence-electron chi connectivity index (χ3n) is 6.15. The zero-order chi connectivity index (χ0) is 23.0. The molecule has 1 saturated heterocycles. The van der Waals surface area contributed by atoms with Gasteiger partial charge in [-0.05, 0) is 64.5 Å². The molecule has 0 bridgehead atoms. The van der Waals surface area contributed by atoms with E-state index in [0.717, 1.165) is 26.0 Å². The molecule has 1 atom stereocenters. The molecule has 1 fully saturated rings. The second-order valence-corrected chi connectivity index (χ2v) is 9.24. The Labute approximate surface area is 199 Å². The first-order valence-electron chi connectivity index (χ1n) is 13.7. The predicted octanol–water partition coefficient (Wildman–Crippen LogP) is 6.68. The fourth-order valence-corrected chi connectivity index (χ4v) is 4.21. The molecule has 0 saturated carbocycles. The van der Waals surface area contributed by atoms with Gasteiger partial charge in [-0.3, -0.25) is 0 Å². The minimum absolute atomic E-state index is 0.0858. The highest BCUT2D eigenvalue weighted by atomic mass is 16.5. The SMILES string of the molecule is CCCCC/C=C\C/C=C\CCCCCCCCOCC(CN1CCCCC1)OCCO. The molecule has 188 valence electrons. The van der Waals surface area contributed by atoms with Gasteiger partial charge < -0.3 is 19.5 Å². The van der Waals surface area contributed by atoms with E-state index in [1.165, 1.54) is 96.6 Å². The third-order valence-corrected chi connectivity index (χ3v) is 6.15. The maximum Gasteiger partial charge on any atom is 0.0936 e. The molecular weight excluding hydrogens is 398 g/mol. The normalized spacial score (nSPS) is 16.4. The Bertz CT molecular complexity index is 432. The summed E-state index contributed by atoms with van der Waals surface area (Å²) < 4.78 is 11.7. The molecule has 0 aromatic carbocycles. The fourth-order valence-electron chi connectivity index (χ4n) is 4.21. The zero-order valence-electron chi connectivity index (χ0n) is 21.2.